The van der Waals surface area contributed by atoms with Crippen molar-refractivity contribution in [2.75, 3.05) is 0 Å². The first kappa shape index (κ1) is 11.7. The molecular weight excluding hydrogens is 221 g/mol. The molecule has 0 fully saturated rings. The van der Waals surface area contributed by atoms with E-state index in [0.717, 1.165) is 0 Å². The number of hydrogen-bond donors (Lipinski definition) is 1. The molecule has 0 saturated heterocycles. The Morgan fingerprint density at radius 3 is 2.82 bits per heavy atom. The fraction of sp³-hybridized carbons (Fsp3) is 0.333. The number of halogens is 1. The summed E-state index contributed by atoms with van der Waals surface area (Å²) in [6.07, 6.45) is 2.09. The minimum absolute atomic E-state index is 0.318. The normalized spacial score (nSPS) is 11.8. The highest BCUT2D eigenvalue weighted by Gasteiger charge is 2.16. The third-order valence-electron chi connectivity index (χ3n) is 2.23. The van der Waals surface area contributed by atoms with Gasteiger partial charge >= 0.3 is 0 Å². The topological polar surface area (TPSA) is 50.9 Å². The van der Waals surface area contributed by atoms with Crippen LogP contribution in [-0.2, 0) is 6.42 Å². The van der Waals surface area contributed by atoms with Gasteiger partial charge in [-0.05, 0) is 32.0 Å². The van der Waals surface area contributed by atoms with E-state index in [4.69, 9.17) is 0 Å². The maximum absolute atomic E-state index is 13.0. The maximum Gasteiger partial charge on any atom is 0.125 e. The van der Waals surface area contributed by atoms with Gasteiger partial charge in [-0.3, -0.25) is 0 Å². The molecule has 0 bridgehead atoms. The zero-order valence-corrected chi connectivity index (χ0v) is 9.76. The summed E-state index contributed by atoms with van der Waals surface area (Å²) in [6, 6.07) is 6.11. The molecule has 0 amide bonds. The number of aromatic nitrogens is 3. The molecule has 0 aliphatic carbocycles. The molecule has 0 unspecified atom stereocenters. The van der Waals surface area contributed by atoms with Crippen molar-refractivity contribution in [3.05, 3.63) is 42.0 Å². The van der Waals surface area contributed by atoms with Gasteiger partial charge in [-0.25, -0.2) is 9.07 Å². The molecule has 2 rings (SSSR count). The molecule has 0 radical (unpaired) electrons. The van der Waals surface area contributed by atoms with Crippen molar-refractivity contribution in [3.8, 4) is 5.69 Å². The van der Waals surface area contributed by atoms with E-state index in [9.17, 15) is 9.50 Å². The highest BCUT2D eigenvalue weighted by molar-refractivity contribution is 5.30. The van der Waals surface area contributed by atoms with Gasteiger partial charge in [0.1, 0.15) is 5.82 Å². The molecule has 5 heteroatoms. The summed E-state index contributed by atoms with van der Waals surface area (Å²) in [5, 5.41) is 17.5. The Bertz CT molecular complexity index is 516. The number of benzene rings is 1. The molecule has 0 atom stereocenters. The van der Waals surface area contributed by atoms with Crippen molar-refractivity contribution >= 4 is 0 Å². The molecule has 0 aliphatic rings. The van der Waals surface area contributed by atoms with Crippen LogP contribution in [-0.4, -0.2) is 25.7 Å². The number of rotatable bonds is 3. The van der Waals surface area contributed by atoms with Gasteiger partial charge in [0.15, 0.2) is 0 Å². The highest BCUT2D eigenvalue weighted by atomic mass is 19.1. The van der Waals surface area contributed by atoms with E-state index < -0.39 is 5.60 Å². The van der Waals surface area contributed by atoms with E-state index in [2.05, 4.69) is 10.3 Å². The van der Waals surface area contributed by atoms with E-state index in [0.29, 0.717) is 17.8 Å². The van der Waals surface area contributed by atoms with E-state index in [1.54, 1.807) is 32.2 Å². The first-order valence-electron chi connectivity index (χ1n) is 5.34. The average Bonchev–Trinajstić information content (AvgIpc) is 2.63. The summed E-state index contributed by atoms with van der Waals surface area (Å²) >= 11 is 0. The van der Waals surface area contributed by atoms with E-state index in [1.165, 1.54) is 16.8 Å². The molecule has 17 heavy (non-hydrogen) atoms. The molecule has 1 aromatic carbocycles. The number of hydrogen-bond acceptors (Lipinski definition) is 3. The van der Waals surface area contributed by atoms with Crippen LogP contribution in [0, 0.1) is 5.82 Å². The van der Waals surface area contributed by atoms with Gasteiger partial charge in [0.05, 0.1) is 23.2 Å². The second kappa shape index (κ2) is 4.25. The monoisotopic (exact) mass is 235 g/mol. The predicted octanol–water partition coefficient (Wildman–Crippen LogP) is 1.72. The van der Waals surface area contributed by atoms with Crippen molar-refractivity contribution in [2.24, 2.45) is 0 Å². The highest BCUT2D eigenvalue weighted by Crippen LogP contribution is 2.12. The summed E-state index contributed by atoms with van der Waals surface area (Å²) < 4.78 is 14.5. The van der Waals surface area contributed by atoms with E-state index in [-0.39, 0.29) is 5.82 Å². The second-order valence-electron chi connectivity index (χ2n) is 4.62. The van der Waals surface area contributed by atoms with Crippen LogP contribution in [0.25, 0.3) is 5.69 Å². The molecule has 1 N–H and O–H groups in total. The van der Waals surface area contributed by atoms with E-state index >= 15 is 0 Å². The Balaban J connectivity index is 2.24. The van der Waals surface area contributed by atoms with Crippen LogP contribution in [0.15, 0.2) is 30.5 Å². The van der Waals surface area contributed by atoms with Crippen LogP contribution in [0.4, 0.5) is 4.39 Å². The fourth-order valence-electron chi connectivity index (χ4n) is 1.57. The van der Waals surface area contributed by atoms with Crippen molar-refractivity contribution < 1.29 is 9.50 Å². The first-order valence-corrected chi connectivity index (χ1v) is 5.34. The Morgan fingerprint density at radius 1 is 1.41 bits per heavy atom. The van der Waals surface area contributed by atoms with Crippen molar-refractivity contribution in [1.82, 2.24) is 15.0 Å². The standard InChI is InChI=1S/C12H14FN3O/c1-12(2,17)7-10-8-16(15-14-10)11-5-3-4-9(13)6-11/h3-6,8,17H,7H2,1-2H3. The third kappa shape index (κ3) is 3.10. The fourth-order valence-corrected chi connectivity index (χ4v) is 1.57. The first-order chi connectivity index (χ1) is 7.94. The van der Waals surface area contributed by atoms with Crippen LogP contribution in [0.2, 0.25) is 0 Å². The molecule has 90 valence electrons. The predicted molar refractivity (Wildman–Crippen MR) is 61.3 cm³/mol. The van der Waals surface area contributed by atoms with Gasteiger partial charge in [-0.15, -0.1) is 5.10 Å². The van der Waals surface area contributed by atoms with E-state index in [1.807, 2.05) is 0 Å². The molecule has 0 aliphatic heterocycles. The van der Waals surface area contributed by atoms with Crippen LogP contribution < -0.4 is 0 Å². The van der Waals surface area contributed by atoms with Crippen molar-refractivity contribution in [2.45, 2.75) is 25.9 Å². The van der Waals surface area contributed by atoms with Crippen molar-refractivity contribution in [3.63, 3.8) is 0 Å². The minimum Gasteiger partial charge on any atom is -0.390 e. The largest absolute Gasteiger partial charge is 0.390 e. The molecular formula is C12H14FN3O. The lowest BCUT2D eigenvalue weighted by atomic mass is 10.0. The third-order valence-corrected chi connectivity index (χ3v) is 2.23. The Labute approximate surface area is 98.7 Å². The lowest BCUT2D eigenvalue weighted by molar-refractivity contribution is 0.0799. The SMILES string of the molecule is CC(C)(O)Cc1cn(-c2cccc(F)c2)nn1. The number of aliphatic hydroxyl groups is 1. The van der Waals surface area contributed by atoms with Crippen molar-refractivity contribution in [1.29, 1.82) is 0 Å². The Hall–Kier alpha value is -1.75. The molecule has 1 heterocycles. The smallest absolute Gasteiger partial charge is 0.125 e. The number of nitrogens with zero attached hydrogens (tertiary/aromatic N) is 3. The average molecular weight is 235 g/mol. The van der Waals surface area contributed by atoms with Crippen LogP contribution in [0.5, 0.6) is 0 Å². The van der Waals surface area contributed by atoms with Gasteiger partial charge in [0.25, 0.3) is 0 Å². The quantitative estimate of drug-likeness (QED) is 0.881. The summed E-state index contributed by atoms with van der Waals surface area (Å²) in [5.41, 5.74) is 0.448. The van der Waals surface area contributed by atoms with Gasteiger partial charge in [-0.2, -0.15) is 0 Å². The van der Waals surface area contributed by atoms with Gasteiger partial charge in [-0.1, -0.05) is 11.3 Å². The summed E-state index contributed by atoms with van der Waals surface area (Å²) in [5.74, 6) is -0.318. The molecule has 2 aromatic rings. The Morgan fingerprint density at radius 2 is 2.18 bits per heavy atom. The Kier molecular flexibility index (Phi) is 2.93. The summed E-state index contributed by atoms with van der Waals surface area (Å²) in [4.78, 5) is 0. The molecule has 1 aromatic heterocycles. The van der Waals surface area contributed by atoms with Crippen LogP contribution >= 0.6 is 0 Å². The van der Waals surface area contributed by atoms with Crippen LogP contribution in [0.1, 0.15) is 19.5 Å². The summed E-state index contributed by atoms with van der Waals surface area (Å²) in [7, 11) is 0. The lowest BCUT2D eigenvalue weighted by Gasteiger charge is -2.13. The molecule has 4 nitrogen and oxygen atoms in total. The zero-order valence-electron chi connectivity index (χ0n) is 9.76. The zero-order chi connectivity index (χ0) is 12.5. The second-order valence-corrected chi connectivity index (χ2v) is 4.62. The van der Waals surface area contributed by atoms with Gasteiger partial charge in [0, 0.05) is 6.42 Å². The maximum atomic E-state index is 13.0. The molecule has 0 spiro atoms. The minimum atomic E-state index is -0.831. The summed E-state index contributed by atoms with van der Waals surface area (Å²) in [6.45, 7) is 3.41. The van der Waals surface area contributed by atoms with Gasteiger partial charge in [0.2, 0.25) is 0 Å². The van der Waals surface area contributed by atoms with Crippen LogP contribution in [0.3, 0.4) is 0 Å². The lowest BCUT2D eigenvalue weighted by Crippen LogP contribution is -2.22. The van der Waals surface area contributed by atoms with Gasteiger partial charge < -0.3 is 5.11 Å². The molecule has 0 saturated carbocycles.